The van der Waals surface area contributed by atoms with E-state index in [4.69, 9.17) is 10.3 Å². The number of hydrogen-bond acceptors (Lipinski definition) is 4. The zero-order chi connectivity index (χ0) is 9.30. The Balaban J connectivity index is 3.47. The molecule has 0 aromatic carbocycles. The smallest absolute Gasteiger partial charge is 0.343 e. The van der Waals surface area contributed by atoms with E-state index in [0.29, 0.717) is 0 Å². The number of carbonyl (C=O) groups is 1. The van der Waals surface area contributed by atoms with Gasteiger partial charge in [0.2, 0.25) is 0 Å². The Morgan fingerprint density at radius 2 is 2.25 bits per heavy atom. The second kappa shape index (κ2) is 2.65. The highest BCUT2D eigenvalue weighted by Gasteiger charge is 2.12. The summed E-state index contributed by atoms with van der Waals surface area (Å²) in [5, 5.41) is 17.3. The van der Waals surface area contributed by atoms with Crippen molar-refractivity contribution in [1.82, 2.24) is 9.71 Å². The molecule has 1 heterocycles. The van der Waals surface area contributed by atoms with Crippen LogP contribution in [-0.2, 0) is 0 Å². The lowest BCUT2D eigenvalue weighted by atomic mass is 10.3. The number of nitrogens with zero attached hydrogens (tertiary/aromatic N) is 2. The molecule has 1 rings (SSSR count). The molecule has 1 aromatic rings. The number of rotatable bonds is 1. The molecule has 64 valence electrons. The van der Waals surface area contributed by atoms with Crippen LogP contribution in [0.3, 0.4) is 0 Å². The van der Waals surface area contributed by atoms with Crippen LogP contribution in [0.15, 0.2) is 11.0 Å². The van der Waals surface area contributed by atoms with Gasteiger partial charge in [-0.25, -0.2) is 9.78 Å². The van der Waals surface area contributed by atoms with Crippen molar-refractivity contribution >= 4 is 5.97 Å². The lowest BCUT2D eigenvalue weighted by Gasteiger charge is -1.99. The topological polar surface area (TPSA) is 92.4 Å². The van der Waals surface area contributed by atoms with Gasteiger partial charge in [-0.05, 0) is 6.92 Å². The first-order valence-corrected chi connectivity index (χ1v) is 3.05. The maximum Gasteiger partial charge on any atom is 0.343 e. The van der Waals surface area contributed by atoms with Gasteiger partial charge in [-0.15, -0.1) is 4.73 Å². The second-order valence-electron chi connectivity index (χ2n) is 2.14. The highest BCUT2D eigenvalue weighted by atomic mass is 16.5. The van der Waals surface area contributed by atoms with Crippen molar-refractivity contribution in [1.29, 1.82) is 0 Å². The van der Waals surface area contributed by atoms with Crippen LogP contribution < -0.4 is 5.56 Å². The first-order chi connectivity index (χ1) is 5.54. The summed E-state index contributed by atoms with van der Waals surface area (Å²) in [6.45, 7) is 1.38. The molecule has 6 heteroatoms. The predicted molar refractivity (Wildman–Crippen MR) is 37.4 cm³/mol. The molecule has 0 saturated heterocycles. The molecule has 0 saturated carbocycles. The van der Waals surface area contributed by atoms with Gasteiger partial charge < -0.3 is 10.3 Å². The number of hydrogen-bond donors (Lipinski definition) is 2. The van der Waals surface area contributed by atoms with E-state index in [-0.39, 0.29) is 10.6 Å². The summed E-state index contributed by atoms with van der Waals surface area (Å²) >= 11 is 0. The van der Waals surface area contributed by atoms with E-state index >= 15 is 0 Å². The largest absolute Gasteiger partial charge is 0.477 e. The van der Waals surface area contributed by atoms with Crippen LogP contribution >= 0.6 is 0 Å². The summed E-state index contributed by atoms with van der Waals surface area (Å²) in [6, 6.07) is 0. The molecule has 1 aromatic heterocycles. The third kappa shape index (κ3) is 1.14. The van der Waals surface area contributed by atoms with Gasteiger partial charge in [0.05, 0.1) is 0 Å². The Kier molecular flexibility index (Phi) is 1.82. The zero-order valence-corrected chi connectivity index (χ0v) is 6.18. The molecule has 0 bridgehead atoms. The van der Waals surface area contributed by atoms with Crippen molar-refractivity contribution < 1.29 is 15.1 Å². The van der Waals surface area contributed by atoms with Crippen LogP contribution in [0, 0.1) is 6.92 Å². The van der Waals surface area contributed by atoms with Gasteiger partial charge in [-0.3, -0.25) is 4.79 Å². The zero-order valence-electron chi connectivity index (χ0n) is 6.18. The van der Waals surface area contributed by atoms with E-state index in [2.05, 4.69) is 4.98 Å². The number of carboxylic acids is 1. The molecule has 0 atom stereocenters. The van der Waals surface area contributed by atoms with Crippen LogP contribution in [0.5, 0.6) is 0 Å². The Labute approximate surface area is 66.7 Å². The van der Waals surface area contributed by atoms with Crippen molar-refractivity contribution in [3.8, 4) is 0 Å². The van der Waals surface area contributed by atoms with Crippen molar-refractivity contribution in [2.45, 2.75) is 6.92 Å². The van der Waals surface area contributed by atoms with Gasteiger partial charge in [0.25, 0.3) is 0 Å². The highest BCUT2D eigenvalue weighted by molar-refractivity contribution is 5.86. The normalized spacial score (nSPS) is 9.75. The predicted octanol–water partition coefficient (Wildman–Crippen LogP) is -0.513. The fourth-order valence-corrected chi connectivity index (χ4v) is 0.676. The Hall–Kier alpha value is -1.85. The standard InChI is InChI=1S/C6H6N2O4/c1-3-7-2-4(6(10)11)5(9)8(3)12/h2,12H,1H3,(H,10,11). The van der Waals surface area contributed by atoms with E-state index in [1.807, 2.05) is 0 Å². The molecule has 0 amide bonds. The van der Waals surface area contributed by atoms with Gasteiger partial charge >= 0.3 is 11.5 Å². The van der Waals surface area contributed by atoms with Crippen molar-refractivity contribution in [2.24, 2.45) is 0 Å². The van der Waals surface area contributed by atoms with Gasteiger partial charge in [-0.1, -0.05) is 0 Å². The monoisotopic (exact) mass is 170 g/mol. The van der Waals surface area contributed by atoms with E-state index in [9.17, 15) is 9.59 Å². The average Bonchev–Trinajstić information content (AvgIpc) is 2.00. The summed E-state index contributed by atoms with van der Waals surface area (Å²) in [7, 11) is 0. The third-order valence-electron chi connectivity index (χ3n) is 1.34. The summed E-state index contributed by atoms with van der Waals surface area (Å²) in [5.74, 6) is -1.36. The molecular weight excluding hydrogens is 164 g/mol. The molecule has 12 heavy (non-hydrogen) atoms. The molecule has 0 aliphatic carbocycles. The summed E-state index contributed by atoms with van der Waals surface area (Å²) in [5.41, 5.74) is -1.53. The molecule has 0 fully saturated rings. The molecule has 2 N–H and O–H groups in total. The Morgan fingerprint density at radius 3 is 2.75 bits per heavy atom. The molecule has 0 radical (unpaired) electrons. The minimum absolute atomic E-state index is 0.0463. The van der Waals surface area contributed by atoms with Crippen molar-refractivity contribution in [2.75, 3.05) is 0 Å². The lowest BCUT2D eigenvalue weighted by molar-refractivity contribution is 0.0685. The van der Waals surface area contributed by atoms with Gasteiger partial charge in [0, 0.05) is 6.20 Å². The number of aryl methyl sites for hydroxylation is 1. The van der Waals surface area contributed by atoms with Crippen LogP contribution in [0.4, 0.5) is 0 Å². The molecule has 0 unspecified atom stereocenters. The average molecular weight is 170 g/mol. The summed E-state index contributed by atoms with van der Waals surface area (Å²) in [6.07, 6.45) is 0.909. The Morgan fingerprint density at radius 1 is 1.67 bits per heavy atom. The molecule has 6 nitrogen and oxygen atoms in total. The first kappa shape index (κ1) is 8.25. The van der Waals surface area contributed by atoms with E-state index in [1.165, 1.54) is 6.92 Å². The molecule has 0 aliphatic heterocycles. The fourth-order valence-electron chi connectivity index (χ4n) is 0.676. The van der Waals surface area contributed by atoms with Crippen LogP contribution in [-0.4, -0.2) is 26.0 Å². The highest BCUT2D eigenvalue weighted by Crippen LogP contribution is 1.90. The van der Waals surface area contributed by atoms with Gasteiger partial charge in [0.15, 0.2) is 0 Å². The minimum atomic E-state index is -1.41. The van der Waals surface area contributed by atoms with Crippen LogP contribution in [0.25, 0.3) is 0 Å². The number of aromatic nitrogens is 2. The first-order valence-electron chi connectivity index (χ1n) is 3.05. The van der Waals surface area contributed by atoms with E-state index in [0.717, 1.165) is 6.20 Å². The summed E-state index contributed by atoms with van der Waals surface area (Å²) in [4.78, 5) is 24.7. The maximum atomic E-state index is 10.9. The number of carboxylic acid groups (broad SMARTS) is 1. The van der Waals surface area contributed by atoms with E-state index < -0.39 is 17.1 Å². The van der Waals surface area contributed by atoms with Crippen molar-refractivity contribution in [3.05, 3.63) is 27.9 Å². The van der Waals surface area contributed by atoms with Gasteiger partial charge in [-0.2, -0.15) is 0 Å². The van der Waals surface area contributed by atoms with Crippen molar-refractivity contribution in [3.63, 3.8) is 0 Å². The Bertz CT molecular complexity index is 382. The second-order valence-corrected chi connectivity index (χ2v) is 2.14. The molecular formula is C6H6N2O4. The fraction of sp³-hybridized carbons (Fsp3) is 0.167. The molecule has 0 spiro atoms. The SMILES string of the molecule is Cc1ncc(C(=O)O)c(=O)n1O. The van der Waals surface area contributed by atoms with Gasteiger partial charge in [0.1, 0.15) is 11.4 Å². The molecule has 0 aliphatic rings. The third-order valence-corrected chi connectivity index (χ3v) is 1.34. The lowest BCUT2D eigenvalue weighted by Crippen LogP contribution is -2.27. The van der Waals surface area contributed by atoms with Crippen LogP contribution in [0.2, 0.25) is 0 Å². The quantitative estimate of drug-likeness (QED) is 0.553. The maximum absolute atomic E-state index is 10.9. The number of aromatic carboxylic acids is 1. The minimum Gasteiger partial charge on any atom is -0.477 e. The van der Waals surface area contributed by atoms with E-state index in [1.54, 1.807) is 0 Å². The summed E-state index contributed by atoms with van der Waals surface area (Å²) < 4.78 is 0.198. The van der Waals surface area contributed by atoms with Crippen LogP contribution in [0.1, 0.15) is 16.2 Å².